The van der Waals surface area contributed by atoms with Gasteiger partial charge in [-0.05, 0) is 19.3 Å². The molecule has 2 aromatic heterocycles. The molecule has 25 heavy (non-hydrogen) atoms. The van der Waals surface area contributed by atoms with Crippen LogP contribution in [0.1, 0.15) is 25.3 Å². The van der Waals surface area contributed by atoms with Crippen LogP contribution >= 0.6 is 7.60 Å². The third kappa shape index (κ3) is 4.34. The third-order valence-corrected chi connectivity index (χ3v) is 4.69. The molecule has 1 unspecified atom stereocenters. The van der Waals surface area contributed by atoms with Crippen LogP contribution in [-0.4, -0.2) is 67.1 Å². The first-order valence-corrected chi connectivity index (χ1v) is 9.95. The standard InChI is InChI=1S/C14H22N5O5P/c20-6-3-11(7-24-10-25(21,22)23)19-9-17-12-13(15-8-16-14(12)19)18-4-1-2-5-18/h8-9,11,20H,1-7,10H2,(H2,21,22,23). The van der Waals surface area contributed by atoms with E-state index in [1.807, 2.05) is 0 Å². The molecule has 3 heterocycles. The Morgan fingerprint density at radius 2 is 2.00 bits per heavy atom. The molecule has 10 nitrogen and oxygen atoms in total. The molecule has 1 aliphatic rings. The number of nitrogens with zero attached hydrogens (tertiary/aromatic N) is 5. The van der Waals surface area contributed by atoms with E-state index in [-0.39, 0.29) is 19.3 Å². The molecule has 1 saturated heterocycles. The summed E-state index contributed by atoms with van der Waals surface area (Å²) in [6.07, 6.45) is 5.04. The summed E-state index contributed by atoms with van der Waals surface area (Å²) >= 11 is 0. The van der Waals surface area contributed by atoms with Gasteiger partial charge in [0, 0.05) is 19.7 Å². The van der Waals surface area contributed by atoms with Gasteiger partial charge in [0.2, 0.25) is 0 Å². The van der Waals surface area contributed by atoms with E-state index in [1.165, 1.54) is 6.33 Å². The maximum Gasteiger partial charge on any atom is 0.350 e. The summed E-state index contributed by atoms with van der Waals surface area (Å²) in [4.78, 5) is 33.1. The minimum atomic E-state index is -4.23. The van der Waals surface area contributed by atoms with Crippen LogP contribution in [0.5, 0.6) is 0 Å². The first-order valence-electron chi connectivity index (χ1n) is 8.15. The first-order chi connectivity index (χ1) is 12.0. The molecular weight excluding hydrogens is 349 g/mol. The average Bonchev–Trinajstić information content (AvgIpc) is 3.22. The lowest BCUT2D eigenvalue weighted by Crippen LogP contribution is -2.20. The summed E-state index contributed by atoms with van der Waals surface area (Å²) in [5.74, 6) is 0.792. The van der Waals surface area contributed by atoms with Crippen LogP contribution in [0.2, 0.25) is 0 Å². The highest BCUT2D eigenvalue weighted by atomic mass is 31.2. The van der Waals surface area contributed by atoms with Gasteiger partial charge < -0.3 is 29.1 Å². The molecule has 0 aromatic carbocycles. The van der Waals surface area contributed by atoms with E-state index in [0.29, 0.717) is 17.6 Å². The van der Waals surface area contributed by atoms with Crippen molar-refractivity contribution in [2.24, 2.45) is 0 Å². The van der Waals surface area contributed by atoms with Crippen LogP contribution in [0.15, 0.2) is 12.7 Å². The van der Waals surface area contributed by atoms with Gasteiger partial charge in [0.25, 0.3) is 0 Å². The van der Waals surface area contributed by atoms with E-state index in [0.717, 1.165) is 31.7 Å². The zero-order valence-electron chi connectivity index (χ0n) is 13.7. The Labute approximate surface area is 144 Å². The van der Waals surface area contributed by atoms with Crippen molar-refractivity contribution < 1.29 is 24.2 Å². The van der Waals surface area contributed by atoms with Gasteiger partial charge in [-0.2, -0.15) is 0 Å². The molecule has 0 spiro atoms. The zero-order chi connectivity index (χ0) is 17.9. The molecule has 1 fully saturated rings. The molecule has 3 rings (SSSR count). The molecule has 0 aliphatic carbocycles. The summed E-state index contributed by atoms with van der Waals surface area (Å²) in [7, 11) is -4.23. The molecule has 11 heteroatoms. The second kappa shape index (κ2) is 7.76. The molecule has 0 amide bonds. The van der Waals surface area contributed by atoms with Crippen LogP contribution in [0.25, 0.3) is 11.2 Å². The maximum atomic E-state index is 10.9. The highest BCUT2D eigenvalue weighted by molar-refractivity contribution is 7.51. The van der Waals surface area contributed by atoms with Crippen molar-refractivity contribution in [1.29, 1.82) is 0 Å². The molecule has 3 N–H and O–H groups in total. The average molecular weight is 371 g/mol. The zero-order valence-corrected chi connectivity index (χ0v) is 14.6. The van der Waals surface area contributed by atoms with E-state index in [2.05, 4.69) is 19.9 Å². The third-order valence-electron chi connectivity index (χ3n) is 4.17. The van der Waals surface area contributed by atoms with Crippen LogP contribution in [-0.2, 0) is 9.30 Å². The Kier molecular flexibility index (Phi) is 5.65. The number of fused-ring (bicyclic) bond motifs is 1. The molecular formula is C14H22N5O5P. The number of aliphatic hydroxyl groups is 1. The number of hydrogen-bond donors (Lipinski definition) is 3. The van der Waals surface area contributed by atoms with Crippen molar-refractivity contribution in [3.05, 3.63) is 12.7 Å². The monoisotopic (exact) mass is 371 g/mol. The molecule has 2 aromatic rings. The van der Waals surface area contributed by atoms with Crippen LogP contribution in [0.3, 0.4) is 0 Å². The van der Waals surface area contributed by atoms with E-state index in [1.54, 1.807) is 10.9 Å². The summed E-state index contributed by atoms with van der Waals surface area (Å²) in [6.45, 7) is 1.82. The minimum Gasteiger partial charge on any atom is -0.396 e. The fourth-order valence-electron chi connectivity index (χ4n) is 3.03. The van der Waals surface area contributed by atoms with Crippen molar-refractivity contribution >= 4 is 24.6 Å². The van der Waals surface area contributed by atoms with Crippen molar-refractivity contribution in [3.63, 3.8) is 0 Å². The Hall–Kier alpha value is -1.58. The smallest absolute Gasteiger partial charge is 0.350 e. The number of anilines is 1. The number of hydrogen-bond acceptors (Lipinski definition) is 7. The second-order valence-electron chi connectivity index (χ2n) is 6.05. The molecule has 0 bridgehead atoms. The molecule has 1 atom stereocenters. The Morgan fingerprint density at radius 1 is 1.24 bits per heavy atom. The van der Waals surface area contributed by atoms with Crippen LogP contribution < -0.4 is 4.90 Å². The lowest BCUT2D eigenvalue weighted by atomic mass is 10.2. The van der Waals surface area contributed by atoms with Gasteiger partial charge in [-0.3, -0.25) is 4.57 Å². The molecule has 0 radical (unpaired) electrons. The Morgan fingerprint density at radius 3 is 2.68 bits per heavy atom. The van der Waals surface area contributed by atoms with Crippen molar-refractivity contribution in [3.8, 4) is 0 Å². The maximum absolute atomic E-state index is 10.9. The predicted octanol–water partition coefficient (Wildman–Crippen LogP) is 0.502. The summed E-state index contributed by atoms with van der Waals surface area (Å²) in [5, 5.41) is 9.31. The lowest BCUT2D eigenvalue weighted by Gasteiger charge is -2.19. The van der Waals surface area contributed by atoms with E-state index < -0.39 is 13.9 Å². The minimum absolute atomic E-state index is 0.0418. The van der Waals surface area contributed by atoms with Gasteiger partial charge in [-0.15, -0.1) is 0 Å². The van der Waals surface area contributed by atoms with E-state index in [9.17, 15) is 9.67 Å². The van der Waals surface area contributed by atoms with E-state index >= 15 is 0 Å². The topological polar surface area (TPSA) is 134 Å². The predicted molar refractivity (Wildman–Crippen MR) is 90.4 cm³/mol. The summed E-state index contributed by atoms with van der Waals surface area (Å²) in [5.41, 5.74) is 1.30. The molecule has 0 saturated carbocycles. The molecule has 1 aliphatic heterocycles. The van der Waals surface area contributed by atoms with Gasteiger partial charge in [0.15, 0.2) is 17.0 Å². The fourth-order valence-corrected chi connectivity index (χ4v) is 3.37. The Bertz CT molecular complexity index is 757. The van der Waals surface area contributed by atoms with Crippen LogP contribution in [0, 0.1) is 0 Å². The highest BCUT2D eigenvalue weighted by Crippen LogP contribution is 2.34. The number of aliphatic hydroxyl groups excluding tert-OH is 1. The molecule has 138 valence electrons. The van der Waals surface area contributed by atoms with Crippen LogP contribution in [0.4, 0.5) is 5.82 Å². The summed E-state index contributed by atoms with van der Waals surface area (Å²) < 4.78 is 17.8. The van der Waals surface area contributed by atoms with Crippen molar-refractivity contribution in [2.45, 2.75) is 25.3 Å². The van der Waals surface area contributed by atoms with Crippen molar-refractivity contribution in [2.75, 3.05) is 37.6 Å². The number of imidazole rings is 1. The Balaban J connectivity index is 1.84. The first kappa shape index (κ1) is 18.2. The van der Waals surface area contributed by atoms with Gasteiger partial charge in [0.1, 0.15) is 12.7 Å². The quantitative estimate of drug-likeness (QED) is 0.567. The van der Waals surface area contributed by atoms with E-state index in [4.69, 9.17) is 14.5 Å². The van der Waals surface area contributed by atoms with Gasteiger partial charge >= 0.3 is 7.60 Å². The normalized spacial score (nSPS) is 16.7. The number of ether oxygens (including phenoxy) is 1. The largest absolute Gasteiger partial charge is 0.396 e. The highest BCUT2D eigenvalue weighted by Gasteiger charge is 2.22. The second-order valence-corrected chi connectivity index (χ2v) is 7.63. The van der Waals surface area contributed by atoms with Gasteiger partial charge in [0.05, 0.1) is 19.0 Å². The number of rotatable bonds is 8. The van der Waals surface area contributed by atoms with Gasteiger partial charge in [-0.1, -0.05) is 0 Å². The van der Waals surface area contributed by atoms with Crippen molar-refractivity contribution in [1.82, 2.24) is 19.5 Å². The lowest BCUT2D eigenvalue weighted by molar-refractivity contribution is 0.112. The number of aromatic nitrogens is 4. The fraction of sp³-hybridized carbons (Fsp3) is 0.643. The summed E-state index contributed by atoms with van der Waals surface area (Å²) in [6, 6.07) is -0.331. The van der Waals surface area contributed by atoms with Gasteiger partial charge in [-0.25, -0.2) is 15.0 Å². The SMILES string of the molecule is O=P(O)(O)COCC(CCO)n1cnc2c(N3CCCC3)ncnc21.